The molecule has 2 N–H and O–H groups in total. The Labute approximate surface area is 174 Å². The van der Waals surface area contributed by atoms with Gasteiger partial charge in [-0.1, -0.05) is 17.7 Å². The summed E-state index contributed by atoms with van der Waals surface area (Å²) in [7, 11) is -2.67. The number of carbonyl (C=O) groups excluding carboxylic acids is 1. The molecule has 3 rings (SSSR count). The molecule has 0 fully saturated rings. The van der Waals surface area contributed by atoms with Crippen LogP contribution in [0.15, 0.2) is 55.7 Å². The molecule has 0 spiro atoms. The number of carbonyl (C=O) groups is 1. The second-order valence-electron chi connectivity index (χ2n) is 5.75. The van der Waals surface area contributed by atoms with Crippen LogP contribution in [0.2, 0.25) is 0 Å². The Hall–Kier alpha value is -2.30. The van der Waals surface area contributed by atoms with Crippen LogP contribution in [0, 0.1) is 6.92 Å². The number of benzene rings is 2. The predicted molar refractivity (Wildman–Crippen MR) is 112 cm³/mol. The minimum atomic E-state index is -4.05. The third kappa shape index (κ3) is 4.40. The number of aryl methyl sites for hydroxylation is 1. The van der Waals surface area contributed by atoms with Crippen molar-refractivity contribution in [1.29, 1.82) is 0 Å². The highest BCUT2D eigenvalue weighted by molar-refractivity contribution is 9.10. The molecule has 1 aliphatic rings. The summed E-state index contributed by atoms with van der Waals surface area (Å²) in [5.74, 6) is -0.243. The normalized spacial score (nSPS) is 15.6. The quantitative estimate of drug-likeness (QED) is 0.513. The van der Waals surface area contributed by atoms with Crippen molar-refractivity contribution in [2.75, 3.05) is 7.11 Å². The van der Waals surface area contributed by atoms with Crippen molar-refractivity contribution in [3.8, 4) is 11.5 Å². The van der Waals surface area contributed by atoms with E-state index in [1.54, 1.807) is 30.3 Å². The van der Waals surface area contributed by atoms with Crippen LogP contribution >= 0.6 is 27.7 Å². The molecule has 28 heavy (non-hydrogen) atoms. The lowest BCUT2D eigenvalue weighted by molar-refractivity contribution is -0.113. The van der Waals surface area contributed by atoms with Crippen molar-refractivity contribution >= 4 is 55.0 Å². The first-order valence-corrected chi connectivity index (χ1v) is 10.9. The molecule has 1 aliphatic heterocycles. The van der Waals surface area contributed by atoms with Gasteiger partial charge in [0.15, 0.2) is 16.7 Å². The van der Waals surface area contributed by atoms with Crippen molar-refractivity contribution in [3.05, 3.63) is 56.9 Å². The molecular formula is C18H15BrN2O5S2. The number of hydrogen-bond acceptors (Lipinski definition) is 7. The molecule has 0 unspecified atom stereocenters. The highest BCUT2D eigenvalue weighted by atomic mass is 79.9. The molecule has 0 aromatic heterocycles. The van der Waals surface area contributed by atoms with Gasteiger partial charge in [-0.3, -0.25) is 4.79 Å². The van der Waals surface area contributed by atoms with Gasteiger partial charge in [0.25, 0.3) is 5.91 Å². The van der Waals surface area contributed by atoms with Gasteiger partial charge in [-0.25, -0.2) is 0 Å². The second kappa shape index (κ2) is 7.98. The molecule has 2 aromatic carbocycles. The van der Waals surface area contributed by atoms with Gasteiger partial charge in [-0.2, -0.15) is 13.4 Å². The van der Waals surface area contributed by atoms with Crippen molar-refractivity contribution in [2.45, 2.75) is 11.8 Å². The van der Waals surface area contributed by atoms with Crippen molar-refractivity contribution in [2.24, 2.45) is 10.7 Å². The fraction of sp³-hybridized carbons (Fsp3) is 0.111. The number of thioether (sulfide) groups is 1. The lowest BCUT2D eigenvalue weighted by Gasteiger charge is -2.13. The van der Waals surface area contributed by atoms with E-state index in [0.717, 1.165) is 17.3 Å². The maximum Gasteiger partial charge on any atom is 0.339 e. The third-order valence-corrected chi connectivity index (χ3v) is 6.33. The zero-order valence-corrected chi connectivity index (χ0v) is 18.0. The molecule has 0 bridgehead atoms. The van der Waals surface area contributed by atoms with Crippen LogP contribution in [-0.4, -0.2) is 26.6 Å². The van der Waals surface area contributed by atoms with Gasteiger partial charge < -0.3 is 14.7 Å². The minimum absolute atomic E-state index is 0.00592. The predicted octanol–water partition coefficient (Wildman–Crippen LogP) is 3.46. The SMILES string of the molecule is COc1cc(/C=C2\SC(N)=NC2=O)cc(Br)c1OS(=O)(=O)c1ccc(C)cc1. The molecule has 2 aromatic rings. The van der Waals surface area contributed by atoms with E-state index < -0.39 is 16.0 Å². The summed E-state index contributed by atoms with van der Waals surface area (Å²) in [6.07, 6.45) is 1.59. The Morgan fingerprint density at radius 2 is 1.89 bits per heavy atom. The fourth-order valence-electron chi connectivity index (χ4n) is 2.34. The molecule has 0 radical (unpaired) electrons. The van der Waals surface area contributed by atoms with Crippen LogP contribution in [0.25, 0.3) is 6.08 Å². The summed E-state index contributed by atoms with van der Waals surface area (Å²) in [6, 6.07) is 9.47. The van der Waals surface area contributed by atoms with Gasteiger partial charge in [0.1, 0.15) is 4.90 Å². The number of hydrogen-bond donors (Lipinski definition) is 1. The van der Waals surface area contributed by atoms with E-state index in [1.165, 1.54) is 19.2 Å². The Morgan fingerprint density at radius 3 is 2.46 bits per heavy atom. The standard InChI is InChI=1S/C18H15BrN2O5S2/c1-10-3-5-12(6-4-10)28(23,24)26-16-13(19)7-11(8-14(16)25-2)9-15-17(22)21-18(20)27-15/h3-9H,1-2H3,(H2,20,21,22)/b15-9-. The number of amidine groups is 1. The van der Waals surface area contributed by atoms with E-state index in [1.807, 2.05) is 6.92 Å². The first-order valence-electron chi connectivity index (χ1n) is 7.86. The summed E-state index contributed by atoms with van der Waals surface area (Å²) in [6.45, 7) is 1.86. The van der Waals surface area contributed by atoms with Gasteiger partial charge in [-0.05, 0) is 70.5 Å². The van der Waals surface area contributed by atoms with Crippen LogP contribution in [0.3, 0.4) is 0 Å². The third-order valence-electron chi connectivity index (χ3n) is 3.69. The van der Waals surface area contributed by atoms with Crippen molar-refractivity contribution in [3.63, 3.8) is 0 Å². The van der Waals surface area contributed by atoms with Crippen LogP contribution in [-0.2, 0) is 14.9 Å². The lowest BCUT2D eigenvalue weighted by atomic mass is 10.2. The summed E-state index contributed by atoms with van der Waals surface area (Å²) in [4.78, 5) is 15.8. The summed E-state index contributed by atoms with van der Waals surface area (Å²) < 4.78 is 36.1. The van der Waals surface area contributed by atoms with E-state index >= 15 is 0 Å². The Morgan fingerprint density at radius 1 is 1.21 bits per heavy atom. The minimum Gasteiger partial charge on any atom is -0.493 e. The van der Waals surface area contributed by atoms with E-state index in [4.69, 9.17) is 14.7 Å². The number of rotatable bonds is 5. The topological polar surface area (TPSA) is 108 Å². The smallest absolute Gasteiger partial charge is 0.339 e. The number of nitrogens with two attached hydrogens (primary N) is 1. The summed E-state index contributed by atoms with van der Waals surface area (Å²) >= 11 is 4.36. The number of ether oxygens (including phenoxy) is 1. The number of amides is 1. The molecule has 0 aliphatic carbocycles. The monoisotopic (exact) mass is 482 g/mol. The zero-order chi connectivity index (χ0) is 20.5. The molecule has 0 saturated heterocycles. The molecule has 1 amide bonds. The van der Waals surface area contributed by atoms with Crippen LogP contribution < -0.4 is 14.7 Å². The molecule has 0 saturated carbocycles. The Balaban J connectivity index is 1.95. The van der Waals surface area contributed by atoms with Gasteiger partial charge in [0.2, 0.25) is 0 Å². The van der Waals surface area contributed by atoms with E-state index in [0.29, 0.717) is 14.9 Å². The van der Waals surface area contributed by atoms with Gasteiger partial charge in [0, 0.05) is 0 Å². The van der Waals surface area contributed by atoms with Crippen LogP contribution in [0.4, 0.5) is 0 Å². The highest BCUT2D eigenvalue weighted by Crippen LogP contribution is 2.39. The van der Waals surface area contributed by atoms with Crippen molar-refractivity contribution < 1.29 is 22.1 Å². The first kappa shape index (κ1) is 20.4. The zero-order valence-electron chi connectivity index (χ0n) is 14.8. The van der Waals surface area contributed by atoms with Crippen LogP contribution in [0.5, 0.6) is 11.5 Å². The summed E-state index contributed by atoms with van der Waals surface area (Å²) in [5.41, 5.74) is 7.06. The first-order chi connectivity index (χ1) is 13.2. The Bertz CT molecular complexity index is 1110. The van der Waals surface area contributed by atoms with Gasteiger partial charge in [0.05, 0.1) is 16.5 Å². The van der Waals surface area contributed by atoms with Gasteiger partial charge >= 0.3 is 10.1 Å². The van der Waals surface area contributed by atoms with E-state index in [9.17, 15) is 13.2 Å². The fourth-order valence-corrected chi connectivity index (χ4v) is 4.63. The highest BCUT2D eigenvalue weighted by Gasteiger charge is 2.23. The van der Waals surface area contributed by atoms with Gasteiger partial charge in [-0.15, -0.1) is 0 Å². The second-order valence-corrected chi connectivity index (χ2v) is 9.21. The molecule has 146 valence electrons. The molecule has 1 heterocycles. The van der Waals surface area contributed by atoms with Crippen LogP contribution in [0.1, 0.15) is 11.1 Å². The molecular weight excluding hydrogens is 468 g/mol. The Kier molecular flexibility index (Phi) is 5.82. The lowest BCUT2D eigenvalue weighted by Crippen LogP contribution is -2.11. The number of methoxy groups -OCH3 is 1. The van der Waals surface area contributed by atoms with E-state index in [-0.39, 0.29) is 21.6 Å². The number of aliphatic imine (C=N–C) groups is 1. The number of halogens is 1. The molecule has 0 atom stereocenters. The van der Waals surface area contributed by atoms with E-state index in [2.05, 4.69) is 20.9 Å². The average molecular weight is 483 g/mol. The maximum absolute atomic E-state index is 12.6. The average Bonchev–Trinajstić information content (AvgIpc) is 2.94. The van der Waals surface area contributed by atoms with Crippen molar-refractivity contribution in [1.82, 2.24) is 0 Å². The molecule has 10 heteroatoms. The largest absolute Gasteiger partial charge is 0.493 e. The summed E-state index contributed by atoms with van der Waals surface area (Å²) in [5, 5.41) is 0.173. The molecule has 7 nitrogen and oxygen atoms in total. The number of nitrogens with zero attached hydrogens (tertiary/aromatic N) is 1. The maximum atomic E-state index is 12.6.